The number of nitrogens with two attached hydrogens (primary N) is 1. The minimum Gasteiger partial charge on any atom is -0.497 e. The Morgan fingerprint density at radius 3 is 2.35 bits per heavy atom. The third-order valence-electron chi connectivity index (χ3n) is 4.96. The molecule has 31 heavy (non-hydrogen) atoms. The van der Waals surface area contributed by atoms with Gasteiger partial charge < -0.3 is 20.1 Å². The topological polar surface area (TPSA) is 91.3 Å². The predicted octanol–water partition coefficient (Wildman–Crippen LogP) is 3.53. The SMILES string of the molecule is COc1cc(OC)cc(N(C[C@H](C)N)c2ccc3ncc(-c4cnn(C)c4)nc3c2)c1. The molecular weight excluding hydrogens is 392 g/mol. The van der Waals surface area contributed by atoms with Crippen LogP contribution in [0.25, 0.3) is 22.3 Å². The summed E-state index contributed by atoms with van der Waals surface area (Å²) in [5.41, 5.74) is 11.4. The van der Waals surface area contributed by atoms with Gasteiger partial charge in [-0.3, -0.25) is 9.67 Å². The number of anilines is 2. The zero-order valence-corrected chi connectivity index (χ0v) is 18.1. The molecule has 0 unspecified atom stereocenters. The summed E-state index contributed by atoms with van der Waals surface area (Å²) in [5, 5.41) is 4.23. The molecule has 0 saturated carbocycles. The summed E-state index contributed by atoms with van der Waals surface area (Å²) >= 11 is 0. The average Bonchev–Trinajstić information content (AvgIpc) is 3.22. The lowest BCUT2D eigenvalue weighted by molar-refractivity contribution is 0.394. The normalized spacial score (nSPS) is 12.0. The number of ether oxygens (including phenoxy) is 2. The fraction of sp³-hybridized carbons (Fsp3) is 0.261. The predicted molar refractivity (Wildman–Crippen MR) is 122 cm³/mol. The summed E-state index contributed by atoms with van der Waals surface area (Å²) in [6, 6.07) is 11.7. The van der Waals surface area contributed by atoms with E-state index in [9.17, 15) is 0 Å². The molecule has 2 aromatic heterocycles. The summed E-state index contributed by atoms with van der Waals surface area (Å²) in [6.07, 6.45) is 5.47. The van der Waals surface area contributed by atoms with Crippen LogP contribution in [-0.4, -0.2) is 46.6 Å². The van der Waals surface area contributed by atoms with E-state index in [2.05, 4.69) is 15.0 Å². The average molecular weight is 419 g/mol. The molecule has 0 aliphatic heterocycles. The number of aryl methyl sites for hydroxylation is 1. The maximum atomic E-state index is 6.18. The molecule has 8 nitrogen and oxygen atoms in total. The highest BCUT2D eigenvalue weighted by Crippen LogP contribution is 2.34. The number of hydrogen-bond acceptors (Lipinski definition) is 7. The Labute approximate surface area is 181 Å². The van der Waals surface area contributed by atoms with Crippen LogP contribution in [0, 0.1) is 0 Å². The summed E-state index contributed by atoms with van der Waals surface area (Å²) in [6.45, 7) is 2.59. The number of benzene rings is 2. The van der Waals surface area contributed by atoms with Crippen molar-refractivity contribution in [2.24, 2.45) is 12.8 Å². The van der Waals surface area contributed by atoms with Gasteiger partial charge in [0.2, 0.25) is 0 Å². The van der Waals surface area contributed by atoms with E-state index in [-0.39, 0.29) is 6.04 Å². The Morgan fingerprint density at radius 1 is 1.00 bits per heavy atom. The van der Waals surface area contributed by atoms with Crippen molar-refractivity contribution in [2.75, 3.05) is 25.7 Å². The van der Waals surface area contributed by atoms with Crippen LogP contribution < -0.4 is 20.1 Å². The lowest BCUT2D eigenvalue weighted by Crippen LogP contribution is -2.32. The summed E-state index contributed by atoms with van der Waals surface area (Å²) in [4.78, 5) is 11.5. The molecule has 0 radical (unpaired) electrons. The van der Waals surface area contributed by atoms with Crippen LogP contribution in [0.4, 0.5) is 11.4 Å². The highest BCUT2D eigenvalue weighted by Gasteiger charge is 2.16. The molecule has 0 bridgehead atoms. The Hall–Kier alpha value is -3.65. The van der Waals surface area contributed by atoms with Crippen LogP contribution in [0.5, 0.6) is 11.5 Å². The van der Waals surface area contributed by atoms with Gasteiger partial charge in [-0.15, -0.1) is 0 Å². The minimum atomic E-state index is -0.0549. The van der Waals surface area contributed by atoms with Crippen LogP contribution in [0.15, 0.2) is 55.0 Å². The Balaban J connectivity index is 1.80. The summed E-state index contributed by atoms with van der Waals surface area (Å²) in [5.74, 6) is 1.42. The molecule has 0 fully saturated rings. The van der Waals surface area contributed by atoms with Crippen molar-refractivity contribution in [2.45, 2.75) is 13.0 Å². The standard InChI is InChI=1S/C23H26N6O2/c1-15(24)13-29(18-7-19(30-3)10-20(8-18)31-4)17-5-6-21-22(9-17)27-23(12-25-21)16-11-26-28(2)14-16/h5-12,14-15H,13,24H2,1-4H3/t15-/m0/s1. The van der Waals surface area contributed by atoms with E-state index in [1.165, 1.54) is 0 Å². The molecule has 8 heteroatoms. The van der Waals surface area contributed by atoms with E-state index in [0.29, 0.717) is 18.0 Å². The number of nitrogens with zero attached hydrogens (tertiary/aromatic N) is 5. The Morgan fingerprint density at radius 2 is 1.74 bits per heavy atom. The third kappa shape index (κ3) is 4.44. The Kier molecular flexibility index (Phi) is 5.73. The number of methoxy groups -OCH3 is 2. The van der Waals surface area contributed by atoms with E-state index in [4.69, 9.17) is 20.2 Å². The van der Waals surface area contributed by atoms with Crippen molar-refractivity contribution in [3.05, 3.63) is 55.0 Å². The van der Waals surface area contributed by atoms with Gasteiger partial charge in [-0.2, -0.15) is 5.10 Å². The van der Waals surface area contributed by atoms with E-state index < -0.39 is 0 Å². The number of rotatable bonds is 7. The van der Waals surface area contributed by atoms with Crippen molar-refractivity contribution in [1.29, 1.82) is 0 Å². The second-order valence-electron chi connectivity index (χ2n) is 7.49. The molecule has 1 atom stereocenters. The second-order valence-corrected chi connectivity index (χ2v) is 7.49. The molecule has 2 N–H and O–H groups in total. The second kappa shape index (κ2) is 8.61. The lowest BCUT2D eigenvalue weighted by atomic mass is 10.1. The Bertz CT molecular complexity index is 1180. The molecule has 4 aromatic rings. The van der Waals surface area contributed by atoms with Gasteiger partial charge in [0.1, 0.15) is 11.5 Å². The van der Waals surface area contributed by atoms with E-state index in [1.54, 1.807) is 31.3 Å². The van der Waals surface area contributed by atoms with Gasteiger partial charge in [-0.1, -0.05) is 0 Å². The highest BCUT2D eigenvalue weighted by atomic mass is 16.5. The van der Waals surface area contributed by atoms with Gasteiger partial charge in [-0.25, -0.2) is 4.98 Å². The van der Waals surface area contributed by atoms with Gasteiger partial charge in [0.05, 0.1) is 43.3 Å². The van der Waals surface area contributed by atoms with Gasteiger partial charge in [0, 0.05) is 61.0 Å². The minimum absolute atomic E-state index is 0.0549. The molecule has 0 spiro atoms. The first-order valence-electron chi connectivity index (χ1n) is 9.99. The van der Waals surface area contributed by atoms with E-state index in [1.807, 2.05) is 56.6 Å². The fourth-order valence-corrected chi connectivity index (χ4v) is 3.46. The molecule has 0 saturated heterocycles. The molecule has 0 aliphatic rings. The monoisotopic (exact) mass is 418 g/mol. The number of aromatic nitrogens is 4. The van der Waals surface area contributed by atoms with E-state index in [0.717, 1.165) is 33.7 Å². The smallest absolute Gasteiger partial charge is 0.124 e. The van der Waals surface area contributed by atoms with Crippen molar-refractivity contribution in [3.63, 3.8) is 0 Å². The van der Waals surface area contributed by atoms with Crippen LogP contribution >= 0.6 is 0 Å². The van der Waals surface area contributed by atoms with Crippen LogP contribution in [0.1, 0.15) is 6.92 Å². The first-order chi connectivity index (χ1) is 15.0. The molecule has 0 aliphatic carbocycles. The van der Waals surface area contributed by atoms with Gasteiger partial charge in [0.25, 0.3) is 0 Å². The van der Waals surface area contributed by atoms with Crippen molar-refractivity contribution in [3.8, 4) is 22.8 Å². The van der Waals surface area contributed by atoms with E-state index >= 15 is 0 Å². The number of hydrogen-bond donors (Lipinski definition) is 1. The first kappa shape index (κ1) is 20.6. The maximum absolute atomic E-state index is 6.18. The van der Waals surface area contributed by atoms with Crippen LogP contribution in [-0.2, 0) is 7.05 Å². The lowest BCUT2D eigenvalue weighted by Gasteiger charge is -2.27. The molecule has 2 aromatic carbocycles. The molecule has 2 heterocycles. The van der Waals surface area contributed by atoms with Crippen molar-refractivity contribution >= 4 is 22.4 Å². The summed E-state index contributed by atoms with van der Waals surface area (Å²) in [7, 11) is 5.16. The quantitative estimate of drug-likeness (QED) is 0.491. The van der Waals surface area contributed by atoms with Crippen LogP contribution in [0.2, 0.25) is 0 Å². The van der Waals surface area contributed by atoms with Crippen molar-refractivity contribution in [1.82, 2.24) is 19.7 Å². The molecule has 160 valence electrons. The third-order valence-corrected chi connectivity index (χ3v) is 4.96. The molecule has 0 amide bonds. The molecule has 4 rings (SSSR count). The fourth-order valence-electron chi connectivity index (χ4n) is 3.46. The van der Waals surface area contributed by atoms with Gasteiger partial charge >= 0.3 is 0 Å². The first-order valence-corrected chi connectivity index (χ1v) is 9.99. The maximum Gasteiger partial charge on any atom is 0.124 e. The zero-order chi connectivity index (χ0) is 22.0. The van der Waals surface area contributed by atoms with Gasteiger partial charge in [0.15, 0.2) is 0 Å². The molecular formula is C23H26N6O2. The van der Waals surface area contributed by atoms with Gasteiger partial charge in [-0.05, 0) is 25.1 Å². The highest BCUT2D eigenvalue weighted by molar-refractivity contribution is 5.82. The van der Waals surface area contributed by atoms with Crippen molar-refractivity contribution < 1.29 is 9.47 Å². The number of fused-ring (bicyclic) bond motifs is 1. The van der Waals surface area contributed by atoms with Crippen LogP contribution in [0.3, 0.4) is 0 Å². The zero-order valence-electron chi connectivity index (χ0n) is 18.1. The largest absolute Gasteiger partial charge is 0.497 e. The summed E-state index contributed by atoms with van der Waals surface area (Å²) < 4.78 is 12.7.